The highest BCUT2D eigenvalue weighted by atomic mass is 31.2. The van der Waals surface area contributed by atoms with Gasteiger partial charge in [-0.2, -0.15) is 0 Å². The minimum Gasteiger partial charge on any atom is -0.391 e. The Morgan fingerprint density at radius 3 is 1.30 bits per heavy atom. The standard InChI is InChI=1S/C54H107N2O6P/c1-6-8-10-12-14-16-18-20-22-24-25-26-27-28-29-30-31-32-34-36-38-40-42-44-46-48-54(58)55-52(51-62-63(59,60)61-50-49-56(3,4)5)53(57)47-45-43-41-39-37-35-33-23-21-19-17-15-13-11-9-7-2/h18,20,24-25,52-53,57H,6-17,19,21-23,26-51H2,1-5H3,(H-,55,58,59,60)/p+1/b20-18-,25-24-. The molecule has 374 valence electrons. The molecule has 1 amide bonds. The molecule has 9 heteroatoms. The van der Waals surface area contributed by atoms with Gasteiger partial charge in [-0.3, -0.25) is 13.8 Å². The fourth-order valence-corrected chi connectivity index (χ4v) is 8.87. The zero-order valence-corrected chi connectivity index (χ0v) is 43.5. The van der Waals surface area contributed by atoms with E-state index in [0.717, 1.165) is 44.9 Å². The number of hydrogen-bond donors (Lipinski definition) is 3. The van der Waals surface area contributed by atoms with Crippen LogP contribution in [0.1, 0.15) is 264 Å². The number of nitrogens with one attached hydrogen (secondary N) is 1. The number of allylic oxidation sites excluding steroid dienone is 4. The molecule has 3 N–H and O–H groups in total. The van der Waals surface area contributed by atoms with E-state index in [2.05, 4.69) is 43.5 Å². The lowest BCUT2D eigenvalue weighted by atomic mass is 10.0. The number of hydrogen-bond acceptors (Lipinski definition) is 5. The number of quaternary nitrogens is 1. The van der Waals surface area contributed by atoms with Gasteiger partial charge in [-0.15, -0.1) is 0 Å². The average Bonchev–Trinajstić information content (AvgIpc) is 3.24. The molecule has 0 aromatic heterocycles. The van der Waals surface area contributed by atoms with Crippen LogP contribution in [0.25, 0.3) is 0 Å². The first-order chi connectivity index (χ1) is 30.5. The van der Waals surface area contributed by atoms with Crippen molar-refractivity contribution < 1.29 is 32.9 Å². The van der Waals surface area contributed by atoms with Gasteiger partial charge in [0.2, 0.25) is 5.91 Å². The largest absolute Gasteiger partial charge is 0.472 e. The monoisotopic (exact) mass is 912 g/mol. The molecular weight excluding hydrogens is 804 g/mol. The van der Waals surface area contributed by atoms with E-state index in [4.69, 9.17) is 9.05 Å². The summed E-state index contributed by atoms with van der Waals surface area (Å²) in [6, 6.07) is -0.759. The summed E-state index contributed by atoms with van der Waals surface area (Å²) in [5, 5.41) is 14.0. The summed E-state index contributed by atoms with van der Waals surface area (Å²) in [7, 11) is 1.62. The van der Waals surface area contributed by atoms with Crippen molar-refractivity contribution in [3.8, 4) is 0 Å². The third-order valence-electron chi connectivity index (χ3n) is 12.5. The molecule has 8 nitrogen and oxygen atoms in total. The Hall–Kier alpha value is -1.02. The maximum atomic E-state index is 13.0. The molecule has 63 heavy (non-hydrogen) atoms. The van der Waals surface area contributed by atoms with Crippen molar-refractivity contribution >= 4 is 13.7 Å². The van der Waals surface area contributed by atoms with Gasteiger partial charge in [0.15, 0.2) is 0 Å². The zero-order chi connectivity index (χ0) is 46.4. The second-order valence-electron chi connectivity index (χ2n) is 20.0. The van der Waals surface area contributed by atoms with E-state index < -0.39 is 20.0 Å². The predicted molar refractivity (Wildman–Crippen MR) is 272 cm³/mol. The summed E-state index contributed by atoms with van der Waals surface area (Å²) in [5.41, 5.74) is 0. The molecule has 0 spiro atoms. The molecular formula is C54H108N2O6P+. The van der Waals surface area contributed by atoms with Crippen molar-refractivity contribution in [2.24, 2.45) is 0 Å². The Balaban J connectivity index is 4.16. The quantitative estimate of drug-likeness (QED) is 0.0243. The number of aliphatic hydroxyl groups is 1. The van der Waals surface area contributed by atoms with Crippen LogP contribution < -0.4 is 5.32 Å². The molecule has 0 radical (unpaired) electrons. The zero-order valence-electron chi connectivity index (χ0n) is 42.6. The summed E-state index contributed by atoms with van der Waals surface area (Å²) in [6.07, 6.45) is 56.4. The number of phosphoric ester groups is 1. The molecule has 3 atom stereocenters. The molecule has 0 bridgehead atoms. The highest BCUT2D eigenvalue weighted by Crippen LogP contribution is 2.43. The van der Waals surface area contributed by atoms with E-state index in [-0.39, 0.29) is 19.1 Å². The number of carbonyl (C=O) groups is 1. The molecule has 3 unspecified atom stereocenters. The Labute approximate surface area is 392 Å². The Bertz CT molecular complexity index is 1080. The highest BCUT2D eigenvalue weighted by Gasteiger charge is 2.28. The van der Waals surface area contributed by atoms with Gasteiger partial charge in [0.1, 0.15) is 13.2 Å². The van der Waals surface area contributed by atoms with Crippen molar-refractivity contribution in [2.75, 3.05) is 40.9 Å². The number of likely N-dealkylation sites (N-methyl/N-ethyl adjacent to an activating group) is 1. The molecule has 0 saturated heterocycles. The van der Waals surface area contributed by atoms with Crippen LogP contribution in [-0.2, 0) is 18.4 Å². The van der Waals surface area contributed by atoms with Gasteiger partial charge in [0.25, 0.3) is 0 Å². The van der Waals surface area contributed by atoms with E-state index in [9.17, 15) is 19.4 Å². The summed E-state index contributed by atoms with van der Waals surface area (Å²) >= 11 is 0. The van der Waals surface area contributed by atoms with E-state index in [0.29, 0.717) is 23.9 Å². The van der Waals surface area contributed by atoms with Crippen LogP contribution in [0.15, 0.2) is 24.3 Å². The molecule has 0 aromatic rings. The van der Waals surface area contributed by atoms with Gasteiger partial charge < -0.3 is 19.8 Å². The molecule has 0 heterocycles. The van der Waals surface area contributed by atoms with Gasteiger partial charge in [-0.1, -0.05) is 237 Å². The van der Waals surface area contributed by atoms with Crippen molar-refractivity contribution in [2.45, 2.75) is 276 Å². The second kappa shape index (κ2) is 46.1. The van der Waals surface area contributed by atoms with Gasteiger partial charge in [0, 0.05) is 6.42 Å². The van der Waals surface area contributed by atoms with Crippen LogP contribution in [0.5, 0.6) is 0 Å². The third kappa shape index (κ3) is 48.7. The number of rotatable bonds is 50. The molecule has 0 fully saturated rings. The Kier molecular flexibility index (Phi) is 45.4. The molecule has 0 aromatic carbocycles. The van der Waals surface area contributed by atoms with E-state index >= 15 is 0 Å². The first-order valence-electron chi connectivity index (χ1n) is 27.2. The molecule has 0 aliphatic heterocycles. The lowest BCUT2D eigenvalue weighted by Crippen LogP contribution is -2.46. The van der Waals surface area contributed by atoms with Crippen molar-refractivity contribution in [1.82, 2.24) is 5.32 Å². The summed E-state index contributed by atoms with van der Waals surface area (Å²) in [4.78, 5) is 23.3. The van der Waals surface area contributed by atoms with Gasteiger partial charge in [-0.25, -0.2) is 4.57 Å². The van der Waals surface area contributed by atoms with Gasteiger partial charge >= 0.3 is 7.82 Å². The van der Waals surface area contributed by atoms with Gasteiger partial charge in [0.05, 0.1) is 39.9 Å². The second-order valence-corrected chi connectivity index (χ2v) is 21.4. The van der Waals surface area contributed by atoms with Crippen LogP contribution in [0.4, 0.5) is 0 Å². The predicted octanol–water partition coefficient (Wildman–Crippen LogP) is 16.0. The van der Waals surface area contributed by atoms with Crippen LogP contribution >= 0.6 is 7.82 Å². The first-order valence-corrected chi connectivity index (χ1v) is 28.7. The van der Waals surface area contributed by atoms with Crippen molar-refractivity contribution in [1.29, 1.82) is 0 Å². The van der Waals surface area contributed by atoms with Crippen LogP contribution in [-0.4, -0.2) is 73.4 Å². The summed E-state index contributed by atoms with van der Waals surface area (Å²) in [6.45, 7) is 4.91. The minimum absolute atomic E-state index is 0.0760. The fraction of sp³-hybridized carbons (Fsp3) is 0.907. The number of phosphoric acid groups is 1. The minimum atomic E-state index is -4.32. The topological polar surface area (TPSA) is 105 Å². The first kappa shape index (κ1) is 62.0. The van der Waals surface area contributed by atoms with E-state index in [1.165, 1.54) is 193 Å². The Morgan fingerprint density at radius 2 is 0.905 bits per heavy atom. The molecule has 0 aliphatic carbocycles. The SMILES string of the molecule is CCCCCCC/C=C\C/C=C\CCCCCCCCCCCCCCCC(=O)NC(COP(=O)(O)OCC[N+](C)(C)C)C(O)CCCCCCCCCCCCCCCCCC. The molecule has 0 saturated carbocycles. The van der Waals surface area contributed by atoms with Crippen LogP contribution in [0.3, 0.4) is 0 Å². The number of carbonyl (C=O) groups excluding carboxylic acids is 1. The molecule has 0 aliphatic rings. The normalized spacial score (nSPS) is 14.2. The van der Waals surface area contributed by atoms with Crippen LogP contribution in [0.2, 0.25) is 0 Å². The van der Waals surface area contributed by atoms with E-state index in [1.54, 1.807) is 0 Å². The van der Waals surface area contributed by atoms with Gasteiger partial charge in [-0.05, 0) is 44.9 Å². The summed E-state index contributed by atoms with van der Waals surface area (Å²) < 4.78 is 23.7. The maximum Gasteiger partial charge on any atom is 0.472 e. The lowest BCUT2D eigenvalue weighted by molar-refractivity contribution is -0.870. The number of nitrogens with zero attached hydrogens (tertiary/aromatic N) is 1. The maximum absolute atomic E-state index is 13.0. The van der Waals surface area contributed by atoms with Crippen molar-refractivity contribution in [3.05, 3.63) is 24.3 Å². The summed E-state index contributed by atoms with van der Waals surface area (Å²) in [5.74, 6) is -0.142. The third-order valence-corrected chi connectivity index (χ3v) is 13.4. The lowest BCUT2D eigenvalue weighted by Gasteiger charge is -2.26. The van der Waals surface area contributed by atoms with Crippen molar-refractivity contribution in [3.63, 3.8) is 0 Å². The van der Waals surface area contributed by atoms with E-state index in [1.807, 2.05) is 21.1 Å². The molecule has 0 rings (SSSR count). The average molecular weight is 912 g/mol. The Morgan fingerprint density at radius 1 is 0.540 bits per heavy atom. The highest BCUT2D eigenvalue weighted by molar-refractivity contribution is 7.47. The number of unbranched alkanes of at least 4 members (excludes halogenated alkanes) is 33. The number of amides is 1. The van der Waals surface area contributed by atoms with Crippen LogP contribution in [0, 0.1) is 0 Å². The number of aliphatic hydroxyl groups excluding tert-OH is 1. The smallest absolute Gasteiger partial charge is 0.391 e. The fourth-order valence-electron chi connectivity index (χ4n) is 8.14.